The fourth-order valence-corrected chi connectivity index (χ4v) is 3.18. The normalized spacial score (nSPS) is 18.7. The Hall–Kier alpha value is -2.56. The molecule has 144 valence electrons. The Balaban J connectivity index is 1.48. The second kappa shape index (κ2) is 8.42. The summed E-state index contributed by atoms with van der Waals surface area (Å²) >= 11 is 0. The lowest BCUT2D eigenvalue weighted by atomic mass is 9.95. The standard InChI is InChI=1S/C22H26FNO3/c1-16-24-22(2,15-27-16)13-11-17-7-9-19(10-8-17)26-14-12-18-5-4-6-20(25-3)21(18)23/h4-10H,11-15H2,1-3H3. The molecule has 0 saturated heterocycles. The third kappa shape index (κ3) is 5.00. The second-order valence-electron chi connectivity index (χ2n) is 7.09. The molecule has 27 heavy (non-hydrogen) atoms. The molecule has 1 aliphatic rings. The van der Waals surface area contributed by atoms with E-state index in [-0.39, 0.29) is 17.1 Å². The minimum atomic E-state index is -0.318. The molecule has 0 saturated carbocycles. The van der Waals surface area contributed by atoms with Gasteiger partial charge in [0.05, 0.1) is 19.3 Å². The average molecular weight is 371 g/mol. The zero-order valence-electron chi connectivity index (χ0n) is 16.1. The molecule has 0 fully saturated rings. The van der Waals surface area contributed by atoms with Crippen molar-refractivity contribution < 1.29 is 18.6 Å². The third-order valence-corrected chi connectivity index (χ3v) is 4.80. The van der Waals surface area contributed by atoms with Crippen LogP contribution in [-0.2, 0) is 17.6 Å². The summed E-state index contributed by atoms with van der Waals surface area (Å²) in [7, 11) is 1.47. The van der Waals surface area contributed by atoms with Crippen molar-refractivity contribution in [1.82, 2.24) is 0 Å². The van der Waals surface area contributed by atoms with Gasteiger partial charge in [-0.25, -0.2) is 9.38 Å². The molecule has 0 bridgehead atoms. The number of methoxy groups -OCH3 is 1. The molecule has 0 radical (unpaired) electrons. The van der Waals surface area contributed by atoms with Gasteiger partial charge in [-0.3, -0.25) is 0 Å². The Labute approximate surface area is 160 Å². The minimum Gasteiger partial charge on any atom is -0.494 e. The molecular formula is C22H26FNO3. The molecule has 1 unspecified atom stereocenters. The van der Waals surface area contributed by atoms with Gasteiger partial charge in [-0.05, 0) is 49.1 Å². The van der Waals surface area contributed by atoms with E-state index in [1.54, 1.807) is 18.2 Å². The number of aryl methyl sites for hydroxylation is 1. The van der Waals surface area contributed by atoms with Crippen LogP contribution in [0, 0.1) is 5.82 Å². The van der Waals surface area contributed by atoms with Gasteiger partial charge in [0.1, 0.15) is 12.4 Å². The monoisotopic (exact) mass is 371 g/mol. The van der Waals surface area contributed by atoms with Crippen LogP contribution >= 0.6 is 0 Å². The Morgan fingerprint density at radius 1 is 1.15 bits per heavy atom. The van der Waals surface area contributed by atoms with E-state index in [2.05, 4.69) is 24.0 Å². The van der Waals surface area contributed by atoms with E-state index in [1.807, 2.05) is 19.1 Å². The Kier molecular flexibility index (Phi) is 5.99. The number of benzene rings is 2. The topological polar surface area (TPSA) is 40.0 Å². The average Bonchev–Trinajstić information content (AvgIpc) is 3.02. The minimum absolute atomic E-state index is 0.125. The van der Waals surface area contributed by atoms with Gasteiger partial charge >= 0.3 is 0 Å². The largest absolute Gasteiger partial charge is 0.494 e. The molecule has 0 amide bonds. The molecule has 1 atom stereocenters. The highest BCUT2D eigenvalue weighted by molar-refractivity contribution is 5.75. The molecule has 4 nitrogen and oxygen atoms in total. The predicted octanol–water partition coefficient (Wildman–Crippen LogP) is 4.60. The van der Waals surface area contributed by atoms with Crippen LogP contribution < -0.4 is 9.47 Å². The summed E-state index contributed by atoms with van der Waals surface area (Å²) in [4.78, 5) is 4.57. The Morgan fingerprint density at radius 2 is 1.93 bits per heavy atom. The molecule has 1 heterocycles. The van der Waals surface area contributed by atoms with Crippen LogP contribution in [0.4, 0.5) is 4.39 Å². The molecule has 2 aromatic carbocycles. The van der Waals surface area contributed by atoms with Crippen molar-refractivity contribution in [3.63, 3.8) is 0 Å². The van der Waals surface area contributed by atoms with E-state index < -0.39 is 0 Å². The lowest BCUT2D eigenvalue weighted by molar-refractivity contribution is 0.256. The van der Waals surface area contributed by atoms with Crippen LogP contribution in [0.25, 0.3) is 0 Å². The molecule has 2 aromatic rings. The van der Waals surface area contributed by atoms with Crippen molar-refractivity contribution in [2.24, 2.45) is 4.99 Å². The number of rotatable bonds is 8. The summed E-state index contributed by atoms with van der Waals surface area (Å²) in [6.45, 7) is 5.08. The van der Waals surface area contributed by atoms with Crippen LogP contribution in [0.5, 0.6) is 11.5 Å². The number of hydrogen-bond donors (Lipinski definition) is 0. The van der Waals surface area contributed by atoms with Crippen LogP contribution in [0.2, 0.25) is 0 Å². The zero-order chi connectivity index (χ0) is 19.3. The quantitative estimate of drug-likeness (QED) is 0.681. The van der Waals surface area contributed by atoms with Crippen molar-refractivity contribution >= 4 is 5.90 Å². The fourth-order valence-electron chi connectivity index (χ4n) is 3.18. The summed E-state index contributed by atoms with van der Waals surface area (Å²) in [5.41, 5.74) is 1.70. The summed E-state index contributed by atoms with van der Waals surface area (Å²) in [6, 6.07) is 13.2. The zero-order valence-corrected chi connectivity index (χ0v) is 16.1. The van der Waals surface area contributed by atoms with E-state index in [0.717, 1.165) is 24.5 Å². The highest BCUT2D eigenvalue weighted by Crippen LogP contribution is 2.25. The molecule has 1 aliphatic heterocycles. The summed E-state index contributed by atoms with van der Waals surface area (Å²) in [5, 5.41) is 0. The van der Waals surface area contributed by atoms with Crippen LogP contribution in [-0.4, -0.2) is 31.8 Å². The van der Waals surface area contributed by atoms with Gasteiger partial charge in [0.2, 0.25) is 0 Å². The molecule has 5 heteroatoms. The van der Waals surface area contributed by atoms with Gasteiger partial charge < -0.3 is 14.2 Å². The van der Waals surface area contributed by atoms with E-state index >= 15 is 0 Å². The fraction of sp³-hybridized carbons (Fsp3) is 0.409. The van der Waals surface area contributed by atoms with Crippen LogP contribution in [0.15, 0.2) is 47.5 Å². The van der Waals surface area contributed by atoms with Gasteiger partial charge in [-0.2, -0.15) is 0 Å². The van der Waals surface area contributed by atoms with Crippen molar-refractivity contribution in [3.05, 3.63) is 59.4 Å². The lowest BCUT2D eigenvalue weighted by Crippen LogP contribution is -2.24. The smallest absolute Gasteiger partial charge is 0.180 e. The maximum absolute atomic E-state index is 14.1. The van der Waals surface area contributed by atoms with Crippen molar-refractivity contribution in [1.29, 1.82) is 0 Å². The van der Waals surface area contributed by atoms with E-state index in [9.17, 15) is 4.39 Å². The first kappa shape index (κ1) is 19.2. The lowest BCUT2D eigenvalue weighted by Gasteiger charge is -2.18. The maximum atomic E-state index is 14.1. The maximum Gasteiger partial charge on any atom is 0.180 e. The SMILES string of the molecule is COc1cccc(CCOc2ccc(CCC3(C)COC(C)=N3)cc2)c1F. The van der Waals surface area contributed by atoms with E-state index in [4.69, 9.17) is 14.2 Å². The number of hydrogen-bond acceptors (Lipinski definition) is 4. The first-order valence-electron chi connectivity index (χ1n) is 9.21. The molecular weight excluding hydrogens is 345 g/mol. The number of aliphatic imine (C=N–C) groups is 1. The van der Waals surface area contributed by atoms with Gasteiger partial charge in [0.25, 0.3) is 0 Å². The van der Waals surface area contributed by atoms with Gasteiger partial charge in [-0.1, -0.05) is 24.3 Å². The molecule has 3 rings (SSSR count). The summed E-state index contributed by atoms with van der Waals surface area (Å²) in [5.74, 6) is 1.50. The predicted molar refractivity (Wildman–Crippen MR) is 104 cm³/mol. The van der Waals surface area contributed by atoms with Gasteiger partial charge in [-0.15, -0.1) is 0 Å². The van der Waals surface area contributed by atoms with Crippen LogP contribution in [0.1, 0.15) is 31.4 Å². The van der Waals surface area contributed by atoms with Crippen LogP contribution in [0.3, 0.4) is 0 Å². The highest BCUT2D eigenvalue weighted by atomic mass is 19.1. The van der Waals surface area contributed by atoms with Gasteiger partial charge in [0.15, 0.2) is 17.5 Å². The van der Waals surface area contributed by atoms with E-state index in [1.165, 1.54) is 12.7 Å². The Bertz CT molecular complexity index is 804. The molecule has 0 N–H and O–H groups in total. The highest BCUT2D eigenvalue weighted by Gasteiger charge is 2.29. The number of ether oxygens (including phenoxy) is 3. The molecule has 0 aliphatic carbocycles. The van der Waals surface area contributed by atoms with Crippen molar-refractivity contribution in [2.75, 3.05) is 20.3 Å². The van der Waals surface area contributed by atoms with Crippen molar-refractivity contribution in [3.8, 4) is 11.5 Å². The molecule has 0 aromatic heterocycles. The summed E-state index contributed by atoms with van der Waals surface area (Å²) < 4.78 is 30.4. The van der Waals surface area contributed by atoms with E-state index in [0.29, 0.717) is 25.2 Å². The number of nitrogens with zero attached hydrogens (tertiary/aromatic N) is 1. The van der Waals surface area contributed by atoms with Gasteiger partial charge in [0, 0.05) is 13.3 Å². The second-order valence-corrected chi connectivity index (χ2v) is 7.09. The van der Waals surface area contributed by atoms with Crippen molar-refractivity contribution in [2.45, 2.75) is 38.6 Å². The first-order chi connectivity index (χ1) is 13.0. The first-order valence-corrected chi connectivity index (χ1v) is 9.21. The summed E-state index contributed by atoms with van der Waals surface area (Å²) in [6.07, 6.45) is 2.37. The Morgan fingerprint density at radius 3 is 2.59 bits per heavy atom. The number of halogens is 1. The molecule has 0 spiro atoms. The third-order valence-electron chi connectivity index (χ3n) is 4.80.